The average Bonchev–Trinajstić information content (AvgIpc) is 3.09. The number of thiazole rings is 1. The highest BCUT2D eigenvalue weighted by Crippen LogP contribution is 2.28. The molecule has 0 radical (unpaired) electrons. The fourth-order valence-corrected chi connectivity index (χ4v) is 3.93. The van der Waals surface area contributed by atoms with Gasteiger partial charge in [-0.15, -0.1) is 11.3 Å². The van der Waals surface area contributed by atoms with Gasteiger partial charge in [-0.2, -0.15) is 0 Å². The van der Waals surface area contributed by atoms with Gasteiger partial charge in [0.2, 0.25) is 5.91 Å². The van der Waals surface area contributed by atoms with Crippen molar-refractivity contribution in [3.63, 3.8) is 0 Å². The first-order chi connectivity index (χ1) is 12.6. The molecule has 5 heteroatoms. The lowest BCUT2D eigenvalue weighted by molar-refractivity contribution is -0.122. The topological polar surface area (TPSA) is 45.2 Å². The van der Waals surface area contributed by atoms with Gasteiger partial charge in [0.25, 0.3) is 0 Å². The number of carbonyl (C=O) groups excluding carboxylic acids is 1. The summed E-state index contributed by atoms with van der Waals surface area (Å²) in [6, 6.07) is 18.6. The zero-order valence-corrected chi connectivity index (χ0v) is 16.1. The Labute approximate surface area is 158 Å². The van der Waals surface area contributed by atoms with Crippen molar-refractivity contribution in [3.8, 4) is 0 Å². The summed E-state index contributed by atoms with van der Waals surface area (Å²) in [6.07, 6.45) is 1.94. The molecule has 1 heterocycles. The Morgan fingerprint density at radius 3 is 2.65 bits per heavy atom. The summed E-state index contributed by atoms with van der Waals surface area (Å²) in [6.45, 7) is 3.18. The molecular weight excluding hydrogens is 342 g/mol. The molecule has 1 amide bonds. The van der Waals surface area contributed by atoms with E-state index in [0.717, 1.165) is 23.4 Å². The molecule has 3 aromatic rings. The normalized spacial score (nSPS) is 12.4. The lowest BCUT2D eigenvalue weighted by Crippen LogP contribution is -2.36. The summed E-state index contributed by atoms with van der Waals surface area (Å²) in [5.74, 6) is 0.0634. The van der Waals surface area contributed by atoms with E-state index in [9.17, 15) is 4.79 Å². The van der Waals surface area contributed by atoms with E-state index >= 15 is 0 Å². The van der Waals surface area contributed by atoms with Crippen molar-refractivity contribution in [3.05, 3.63) is 65.2 Å². The van der Waals surface area contributed by atoms with Crippen molar-refractivity contribution in [2.24, 2.45) is 0 Å². The predicted octanol–water partition coefficient (Wildman–Crippen LogP) is 4.04. The maximum atomic E-state index is 12.2. The van der Waals surface area contributed by atoms with Gasteiger partial charge >= 0.3 is 0 Å². The number of hydrogen-bond donors (Lipinski definition) is 1. The summed E-state index contributed by atoms with van der Waals surface area (Å²) in [4.78, 5) is 18.9. The zero-order chi connectivity index (χ0) is 18.4. The van der Waals surface area contributed by atoms with Gasteiger partial charge in [0, 0.05) is 6.54 Å². The van der Waals surface area contributed by atoms with E-state index in [2.05, 4.69) is 30.4 Å². The Morgan fingerprint density at radius 1 is 1.15 bits per heavy atom. The van der Waals surface area contributed by atoms with Crippen molar-refractivity contribution >= 4 is 27.5 Å². The number of rotatable bonds is 8. The molecular formula is C21H25N3OS. The van der Waals surface area contributed by atoms with E-state index in [4.69, 9.17) is 4.98 Å². The second kappa shape index (κ2) is 8.92. The maximum absolute atomic E-state index is 12.2. The number of nitrogens with zero attached hydrogens (tertiary/aromatic N) is 2. The molecule has 4 nitrogen and oxygen atoms in total. The minimum absolute atomic E-state index is 0.0634. The smallest absolute Gasteiger partial charge is 0.234 e. The fraction of sp³-hybridized carbons (Fsp3) is 0.333. The van der Waals surface area contributed by atoms with Crippen LogP contribution in [-0.2, 0) is 11.2 Å². The van der Waals surface area contributed by atoms with Gasteiger partial charge in [0.15, 0.2) is 0 Å². The number of hydrogen-bond acceptors (Lipinski definition) is 4. The van der Waals surface area contributed by atoms with Crippen LogP contribution in [0.3, 0.4) is 0 Å². The van der Waals surface area contributed by atoms with E-state index in [1.54, 1.807) is 11.3 Å². The van der Waals surface area contributed by atoms with Crippen molar-refractivity contribution in [1.29, 1.82) is 0 Å². The first kappa shape index (κ1) is 18.5. The van der Waals surface area contributed by atoms with Crippen LogP contribution in [-0.4, -0.2) is 35.9 Å². The summed E-state index contributed by atoms with van der Waals surface area (Å²) in [7, 11) is 1.97. The number of aryl methyl sites for hydroxylation is 1. The van der Waals surface area contributed by atoms with Crippen LogP contribution >= 0.6 is 11.3 Å². The van der Waals surface area contributed by atoms with Gasteiger partial charge in [0.05, 0.1) is 22.8 Å². The summed E-state index contributed by atoms with van der Waals surface area (Å²) >= 11 is 1.70. The predicted molar refractivity (Wildman–Crippen MR) is 108 cm³/mol. The van der Waals surface area contributed by atoms with Crippen LogP contribution in [0.4, 0.5) is 0 Å². The maximum Gasteiger partial charge on any atom is 0.234 e. The van der Waals surface area contributed by atoms with Crippen LogP contribution in [0, 0.1) is 0 Å². The van der Waals surface area contributed by atoms with E-state index in [-0.39, 0.29) is 11.9 Å². The Balaban J connectivity index is 1.44. The van der Waals surface area contributed by atoms with Crippen LogP contribution in [0.1, 0.15) is 30.0 Å². The van der Waals surface area contributed by atoms with Crippen LogP contribution in [0.5, 0.6) is 0 Å². The Morgan fingerprint density at radius 2 is 1.88 bits per heavy atom. The molecule has 1 aromatic heterocycles. The van der Waals surface area contributed by atoms with Gasteiger partial charge in [-0.25, -0.2) is 4.98 Å². The van der Waals surface area contributed by atoms with Crippen molar-refractivity contribution < 1.29 is 4.79 Å². The number of fused-ring (bicyclic) bond motifs is 1. The molecule has 0 bridgehead atoms. The summed E-state index contributed by atoms with van der Waals surface area (Å²) in [5.41, 5.74) is 2.33. The zero-order valence-electron chi connectivity index (χ0n) is 15.3. The number of amides is 1. The van der Waals surface area contributed by atoms with Crippen LogP contribution in [0.25, 0.3) is 10.2 Å². The van der Waals surface area contributed by atoms with Gasteiger partial charge in [-0.05, 0) is 44.5 Å². The number of nitrogens with one attached hydrogen (secondary N) is 1. The van der Waals surface area contributed by atoms with Gasteiger partial charge < -0.3 is 5.32 Å². The van der Waals surface area contributed by atoms with Crippen molar-refractivity contribution in [2.45, 2.75) is 25.8 Å². The molecule has 26 heavy (non-hydrogen) atoms. The van der Waals surface area contributed by atoms with E-state index in [1.807, 2.05) is 48.3 Å². The number of likely N-dealkylation sites (N-methyl/N-ethyl adjacent to an activating group) is 1. The lowest BCUT2D eigenvalue weighted by atomic mass is 10.1. The van der Waals surface area contributed by atoms with Gasteiger partial charge in [-0.3, -0.25) is 9.69 Å². The standard InChI is InChI=1S/C21H25N3OS/c1-16(21-23-18-12-6-7-13-19(18)26-21)24(2)15-20(25)22-14-8-11-17-9-4-3-5-10-17/h3-7,9-10,12-13,16H,8,11,14-15H2,1-2H3,(H,22,25)/t16-/m1/s1. The number of benzene rings is 2. The molecule has 0 saturated carbocycles. The van der Waals surface area contributed by atoms with Gasteiger partial charge in [-0.1, -0.05) is 42.5 Å². The monoisotopic (exact) mass is 367 g/mol. The van der Waals surface area contributed by atoms with Gasteiger partial charge in [0.1, 0.15) is 5.01 Å². The van der Waals surface area contributed by atoms with Crippen LogP contribution < -0.4 is 5.32 Å². The molecule has 1 N–H and O–H groups in total. The molecule has 1 atom stereocenters. The van der Waals surface area contributed by atoms with E-state index in [1.165, 1.54) is 10.3 Å². The summed E-state index contributed by atoms with van der Waals surface area (Å²) in [5, 5.41) is 4.07. The van der Waals surface area contributed by atoms with Crippen LogP contribution in [0.2, 0.25) is 0 Å². The molecule has 0 aliphatic rings. The molecule has 0 spiro atoms. The average molecular weight is 368 g/mol. The third-order valence-electron chi connectivity index (χ3n) is 4.53. The minimum Gasteiger partial charge on any atom is -0.355 e. The molecule has 0 saturated heterocycles. The molecule has 0 aliphatic heterocycles. The third-order valence-corrected chi connectivity index (χ3v) is 5.74. The molecule has 0 unspecified atom stereocenters. The molecule has 136 valence electrons. The Bertz CT molecular complexity index is 814. The third kappa shape index (κ3) is 4.90. The fourth-order valence-electron chi connectivity index (χ4n) is 2.84. The Hall–Kier alpha value is -2.24. The number of aromatic nitrogens is 1. The van der Waals surface area contributed by atoms with Crippen molar-refractivity contribution in [2.75, 3.05) is 20.1 Å². The summed E-state index contributed by atoms with van der Waals surface area (Å²) < 4.78 is 1.19. The highest BCUT2D eigenvalue weighted by atomic mass is 32.1. The molecule has 0 fully saturated rings. The highest BCUT2D eigenvalue weighted by molar-refractivity contribution is 7.18. The molecule has 3 rings (SSSR count). The first-order valence-electron chi connectivity index (χ1n) is 9.00. The highest BCUT2D eigenvalue weighted by Gasteiger charge is 2.18. The molecule has 2 aromatic carbocycles. The quantitative estimate of drug-likeness (QED) is 0.611. The SMILES string of the molecule is C[C@H](c1nc2ccccc2s1)N(C)CC(=O)NCCCc1ccccc1. The molecule has 0 aliphatic carbocycles. The first-order valence-corrected chi connectivity index (χ1v) is 9.81. The lowest BCUT2D eigenvalue weighted by Gasteiger charge is -2.22. The largest absolute Gasteiger partial charge is 0.355 e. The van der Waals surface area contributed by atoms with E-state index < -0.39 is 0 Å². The van der Waals surface area contributed by atoms with Crippen molar-refractivity contribution in [1.82, 2.24) is 15.2 Å². The number of carbonyl (C=O) groups is 1. The van der Waals surface area contributed by atoms with E-state index in [0.29, 0.717) is 13.1 Å². The minimum atomic E-state index is 0.0634. The second-order valence-corrected chi connectivity index (χ2v) is 7.61. The second-order valence-electron chi connectivity index (χ2n) is 6.55. The number of para-hydroxylation sites is 1. The Kier molecular flexibility index (Phi) is 6.36. The van der Waals surface area contributed by atoms with Crippen LogP contribution in [0.15, 0.2) is 54.6 Å².